The van der Waals surface area contributed by atoms with Crippen molar-refractivity contribution in [3.8, 4) is 0 Å². The molecule has 1 fully saturated rings. The molecule has 0 aliphatic carbocycles. The van der Waals surface area contributed by atoms with Crippen molar-refractivity contribution < 1.29 is 9.18 Å². The number of amides is 1. The molecule has 0 saturated carbocycles. The standard InChI is InChI=1S/C16H23FN2O/c1-4-18-9-11-19(12-10-18)15(20)16(2,3)13-5-7-14(17)8-6-13/h5-8H,4,9-12H2,1-3H3. The number of halogens is 1. The zero-order valence-corrected chi connectivity index (χ0v) is 12.5. The van der Waals surface area contributed by atoms with E-state index in [2.05, 4.69) is 11.8 Å². The minimum atomic E-state index is -0.609. The first kappa shape index (κ1) is 15.0. The Bertz CT molecular complexity index is 462. The Morgan fingerprint density at radius 1 is 1.15 bits per heavy atom. The first-order valence-corrected chi connectivity index (χ1v) is 7.23. The fourth-order valence-electron chi connectivity index (χ4n) is 2.65. The average Bonchev–Trinajstić information content (AvgIpc) is 2.47. The van der Waals surface area contributed by atoms with E-state index in [1.807, 2.05) is 18.7 Å². The van der Waals surface area contributed by atoms with Crippen LogP contribution in [0.1, 0.15) is 26.3 Å². The van der Waals surface area contributed by atoms with Crippen LogP contribution in [-0.4, -0.2) is 48.4 Å². The fraction of sp³-hybridized carbons (Fsp3) is 0.562. The van der Waals surface area contributed by atoms with E-state index in [0.29, 0.717) is 0 Å². The number of nitrogens with zero attached hydrogens (tertiary/aromatic N) is 2. The molecule has 1 aliphatic rings. The molecule has 0 N–H and O–H groups in total. The molecule has 1 saturated heterocycles. The Kier molecular flexibility index (Phi) is 4.43. The van der Waals surface area contributed by atoms with Gasteiger partial charge in [0.15, 0.2) is 0 Å². The highest BCUT2D eigenvalue weighted by molar-refractivity contribution is 5.87. The molecule has 2 rings (SSSR count). The van der Waals surface area contributed by atoms with Crippen molar-refractivity contribution in [2.45, 2.75) is 26.2 Å². The molecule has 1 heterocycles. The van der Waals surface area contributed by atoms with Gasteiger partial charge in [0.2, 0.25) is 5.91 Å². The second-order valence-electron chi connectivity index (χ2n) is 5.86. The molecule has 0 aromatic heterocycles. The van der Waals surface area contributed by atoms with E-state index >= 15 is 0 Å². The van der Waals surface area contributed by atoms with Crippen molar-refractivity contribution in [3.63, 3.8) is 0 Å². The molecule has 110 valence electrons. The molecule has 0 atom stereocenters. The first-order valence-electron chi connectivity index (χ1n) is 7.23. The maximum atomic E-state index is 13.0. The highest BCUT2D eigenvalue weighted by atomic mass is 19.1. The summed E-state index contributed by atoms with van der Waals surface area (Å²) in [5.74, 6) is -0.145. The third-order valence-electron chi connectivity index (χ3n) is 4.21. The number of carbonyl (C=O) groups excluding carboxylic acids is 1. The van der Waals surface area contributed by atoms with E-state index < -0.39 is 5.41 Å². The molecule has 0 unspecified atom stereocenters. The molecule has 0 bridgehead atoms. The van der Waals surface area contributed by atoms with Crippen LogP contribution in [0.25, 0.3) is 0 Å². The molecular weight excluding hydrogens is 255 g/mol. The van der Waals surface area contributed by atoms with E-state index in [4.69, 9.17) is 0 Å². The van der Waals surface area contributed by atoms with Gasteiger partial charge in [0, 0.05) is 26.2 Å². The first-order chi connectivity index (χ1) is 9.45. The maximum absolute atomic E-state index is 13.0. The molecule has 0 radical (unpaired) electrons. The third kappa shape index (κ3) is 3.01. The number of benzene rings is 1. The van der Waals surface area contributed by atoms with Crippen LogP contribution in [0.15, 0.2) is 24.3 Å². The maximum Gasteiger partial charge on any atom is 0.232 e. The Hall–Kier alpha value is -1.42. The summed E-state index contributed by atoms with van der Waals surface area (Å²) in [7, 11) is 0. The second kappa shape index (κ2) is 5.92. The lowest BCUT2D eigenvalue weighted by molar-refractivity contribution is -0.138. The van der Waals surface area contributed by atoms with Crippen LogP contribution >= 0.6 is 0 Å². The summed E-state index contributed by atoms with van der Waals surface area (Å²) in [6.45, 7) is 10.4. The summed E-state index contributed by atoms with van der Waals surface area (Å²) in [4.78, 5) is 17.0. The summed E-state index contributed by atoms with van der Waals surface area (Å²) in [6, 6.07) is 6.24. The summed E-state index contributed by atoms with van der Waals surface area (Å²) < 4.78 is 13.0. The number of hydrogen-bond donors (Lipinski definition) is 0. The van der Waals surface area contributed by atoms with E-state index in [1.165, 1.54) is 12.1 Å². The van der Waals surface area contributed by atoms with Gasteiger partial charge in [-0.05, 0) is 38.1 Å². The predicted octanol–water partition coefficient (Wildman–Crippen LogP) is 2.27. The largest absolute Gasteiger partial charge is 0.339 e. The number of carbonyl (C=O) groups is 1. The summed E-state index contributed by atoms with van der Waals surface area (Å²) in [5, 5.41) is 0. The number of rotatable bonds is 3. The van der Waals surface area contributed by atoms with Gasteiger partial charge in [0.05, 0.1) is 5.41 Å². The quantitative estimate of drug-likeness (QED) is 0.847. The van der Waals surface area contributed by atoms with Crippen molar-refractivity contribution in [1.82, 2.24) is 9.80 Å². The lowest BCUT2D eigenvalue weighted by Gasteiger charge is -2.38. The van der Waals surface area contributed by atoms with Crippen molar-refractivity contribution in [1.29, 1.82) is 0 Å². The molecular formula is C16H23FN2O. The van der Waals surface area contributed by atoms with Crippen molar-refractivity contribution >= 4 is 5.91 Å². The Morgan fingerprint density at radius 2 is 1.70 bits per heavy atom. The Morgan fingerprint density at radius 3 is 2.20 bits per heavy atom. The van der Waals surface area contributed by atoms with Crippen molar-refractivity contribution in [2.24, 2.45) is 0 Å². The molecule has 0 spiro atoms. The fourth-order valence-corrected chi connectivity index (χ4v) is 2.65. The van der Waals surface area contributed by atoms with Gasteiger partial charge in [-0.2, -0.15) is 0 Å². The minimum Gasteiger partial charge on any atom is -0.339 e. The molecule has 1 aliphatic heterocycles. The van der Waals surface area contributed by atoms with Gasteiger partial charge in [-0.25, -0.2) is 4.39 Å². The van der Waals surface area contributed by atoms with E-state index in [9.17, 15) is 9.18 Å². The van der Waals surface area contributed by atoms with Crippen molar-refractivity contribution in [3.05, 3.63) is 35.6 Å². The van der Waals surface area contributed by atoms with Gasteiger partial charge in [0.25, 0.3) is 0 Å². The second-order valence-corrected chi connectivity index (χ2v) is 5.86. The monoisotopic (exact) mass is 278 g/mol. The van der Waals surface area contributed by atoms with Gasteiger partial charge in [0.1, 0.15) is 5.82 Å². The highest BCUT2D eigenvalue weighted by Gasteiger charge is 2.34. The van der Waals surface area contributed by atoms with Gasteiger partial charge < -0.3 is 9.80 Å². The van der Waals surface area contributed by atoms with Gasteiger partial charge in [-0.3, -0.25) is 4.79 Å². The Balaban J connectivity index is 2.09. The van der Waals surface area contributed by atoms with Gasteiger partial charge in [-0.1, -0.05) is 19.1 Å². The molecule has 1 aromatic rings. The molecule has 4 heteroatoms. The molecule has 1 amide bonds. The summed E-state index contributed by atoms with van der Waals surface area (Å²) in [6.07, 6.45) is 0. The van der Waals surface area contributed by atoms with Gasteiger partial charge >= 0.3 is 0 Å². The van der Waals surface area contributed by atoms with Crippen LogP contribution in [0.2, 0.25) is 0 Å². The van der Waals surface area contributed by atoms with Crippen LogP contribution < -0.4 is 0 Å². The van der Waals surface area contributed by atoms with E-state index in [1.54, 1.807) is 12.1 Å². The van der Waals surface area contributed by atoms with Crippen LogP contribution in [0.5, 0.6) is 0 Å². The average molecular weight is 278 g/mol. The van der Waals surface area contributed by atoms with Crippen LogP contribution in [0.4, 0.5) is 4.39 Å². The summed E-state index contributed by atoms with van der Waals surface area (Å²) in [5.41, 5.74) is 0.254. The smallest absolute Gasteiger partial charge is 0.232 e. The number of hydrogen-bond acceptors (Lipinski definition) is 2. The Labute approximate surface area is 120 Å². The van der Waals surface area contributed by atoms with Crippen LogP contribution in [0, 0.1) is 5.82 Å². The normalized spacial score (nSPS) is 17.3. The molecule has 1 aromatic carbocycles. The zero-order valence-electron chi connectivity index (χ0n) is 12.5. The van der Waals surface area contributed by atoms with E-state index in [-0.39, 0.29) is 11.7 Å². The van der Waals surface area contributed by atoms with Crippen molar-refractivity contribution in [2.75, 3.05) is 32.7 Å². The number of piperazine rings is 1. The third-order valence-corrected chi connectivity index (χ3v) is 4.21. The SMILES string of the molecule is CCN1CCN(C(=O)C(C)(C)c2ccc(F)cc2)CC1. The lowest BCUT2D eigenvalue weighted by Crippen LogP contribution is -2.53. The number of likely N-dealkylation sites (N-methyl/N-ethyl adjacent to an activating group) is 1. The highest BCUT2D eigenvalue weighted by Crippen LogP contribution is 2.26. The molecule has 3 nitrogen and oxygen atoms in total. The van der Waals surface area contributed by atoms with E-state index in [0.717, 1.165) is 38.3 Å². The topological polar surface area (TPSA) is 23.6 Å². The molecule has 20 heavy (non-hydrogen) atoms. The minimum absolute atomic E-state index is 0.125. The predicted molar refractivity (Wildman–Crippen MR) is 78.1 cm³/mol. The zero-order chi connectivity index (χ0) is 14.8. The van der Waals surface area contributed by atoms with Gasteiger partial charge in [-0.15, -0.1) is 0 Å². The lowest BCUT2D eigenvalue weighted by atomic mass is 9.83. The van der Waals surface area contributed by atoms with Crippen LogP contribution in [-0.2, 0) is 10.2 Å². The van der Waals surface area contributed by atoms with Crippen LogP contribution in [0.3, 0.4) is 0 Å². The summed E-state index contributed by atoms with van der Waals surface area (Å²) >= 11 is 0.